The van der Waals surface area contributed by atoms with Gasteiger partial charge in [0.15, 0.2) is 0 Å². The van der Waals surface area contributed by atoms with Crippen LogP contribution in [0.2, 0.25) is 0 Å². The van der Waals surface area contributed by atoms with Crippen molar-refractivity contribution >= 4 is 21.8 Å². The Morgan fingerprint density at radius 3 is 2.70 bits per heavy atom. The van der Waals surface area contributed by atoms with E-state index in [2.05, 4.69) is 50.8 Å². The molecule has 0 aromatic heterocycles. The second kappa shape index (κ2) is 7.76. The molecule has 0 heterocycles. The molecule has 2 N–H and O–H groups in total. The maximum absolute atomic E-state index is 11.5. The van der Waals surface area contributed by atoms with Crippen LogP contribution >= 0.6 is 15.9 Å². The summed E-state index contributed by atoms with van der Waals surface area (Å²) in [5.74, 6) is 0.659. The Hall–Kier alpha value is -0.910. The molecule has 1 aliphatic carbocycles. The van der Waals surface area contributed by atoms with Crippen molar-refractivity contribution in [2.75, 3.05) is 26.8 Å². The van der Waals surface area contributed by atoms with E-state index in [-0.39, 0.29) is 5.91 Å². The van der Waals surface area contributed by atoms with Gasteiger partial charge in [0, 0.05) is 24.2 Å². The first-order valence-corrected chi connectivity index (χ1v) is 7.73. The average molecular weight is 341 g/mol. The molecule has 1 aliphatic rings. The number of halogens is 1. The van der Waals surface area contributed by atoms with E-state index >= 15 is 0 Å². The summed E-state index contributed by atoms with van der Waals surface area (Å²) in [4.78, 5) is 11.5. The fourth-order valence-electron chi connectivity index (χ4n) is 2.38. The van der Waals surface area contributed by atoms with Gasteiger partial charge in [0.05, 0.1) is 13.2 Å². The van der Waals surface area contributed by atoms with E-state index in [0.717, 1.165) is 17.3 Å². The molecule has 0 radical (unpaired) electrons. The Bertz CT molecular complexity index is 430. The summed E-state index contributed by atoms with van der Waals surface area (Å²) in [6.07, 6.45) is 2.21. The number of benzene rings is 1. The van der Waals surface area contributed by atoms with Gasteiger partial charge < -0.3 is 15.4 Å². The fourth-order valence-corrected chi connectivity index (χ4v) is 2.65. The van der Waals surface area contributed by atoms with E-state index in [9.17, 15) is 4.79 Å². The highest BCUT2D eigenvalue weighted by molar-refractivity contribution is 9.10. The van der Waals surface area contributed by atoms with E-state index in [1.165, 1.54) is 5.56 Å². The van der Waals surface area contributed by atoms with Crippen molar-refractivity contribution in [2.45, 2.75) is 24.8 Å². The standard InChI is InChI=1S/C15H21BrN2O2/c1-20-7-6-17-15(19)10-18-14-8-12(9-14)11-2-4-13(16)5-3-11/h2-5,12,14,18H,6-10H2,1H3,(H,17,19). The van der Waals surface area contributed by atoms with Gasteiger partial charge in [0.1, 0.15) is 0 Å². The lowest BCUT2D eigenvalue weighted by Gasteiger charge is -2.36. The molecule has 20 heavy (non-hydrogen) atoms. The van der Waals surface area contributed by atoms with Gasteiger partial charge >= 0.3 is 0 Å². The lowest BCUT2D eigenvalue weighted by molar-refractivity contribution is -0.120. The lowest BCUT2D eigenvalue weighted by Crippen LogP contribution is -2.45. The largest absolute Gasteiger partial charge is 0.383 e. The molecule has 0 spiro atoms. The third-order valence-electron chi connectivity index (χ3n) is 3.66. The van der Waals surface area contributed by atoms with E-state index in [0.29, 0.717) is 31.7 Å². The lowest BCUT2D eigenvalue weighted by atomic mass is 9.76. The zero-order valence-corrected chi connectivity index (χ0v) is 13.3. The Balaban J connectivity index is 1.62. The number of carbonyl (C=O) groups is 1. The number of amides is 1. The van der Waals surface area contributed by atoms with Crippen LogP contribution in [0.15, 0.2) is 28.7 Å². The smallest absolute Gasteiger partial charge is 0.234 e. The van der Waals surface area contributed by atoms with Crippen LogP contribution in [-0.4, -0.2) is 38.8 Å². The third kappa shape index (κ3) is 4.58. The summed E-state index contributed by atoms with van der Waals surface area (Å²) in [6.45, 7) is 1.52. The predicted octanol–water partition coefficient (Wildman–Crippen LogP) is 2.05. The predicted molar refractivity (Wildman–Crippen MR) is 82.8 cm³/mol. The second-order valence-electron chi connectivity index (χ2n) is 5.14. The highest BCUT2D eigenvalue weighted by Gasteiger charge is 2.29. The number of methoxy groups -OCH3 is 1. The van der Waals surface area contributed by atoms with Crippen molar-refractivity contribution in [1.82, 2.24) is 10.6 Å². The van der Waals surface area contributed by atoms with Gasteiger partial charge in [-0.25, -0.2) is 0 Å². The van der Waals surface area contributed by atoms with Gasteiger partial charge in [-0.3, -0.25) is 4.79 Å². The minimum Gasteiger partial charge on any atom is -0.383 e. The Labute approximate surface area is 128 Å². The van der Waals surface area contributed by atoms with E-state index in [1.54, 1.807) is 7.11 Å². The maximum Gasteiger partial charge on any atom is 0.234 e. The monoisotopic (exact) mass is 340 g/mol. The summed E-state index contributed by atoms with van der Waals surface area (Å²) in [5.41, 5.74) is 1.38. The number of ether oxygens (including phenoxy) is 1. The minimum atomic E-state index is 0.0362. The van der Waals surface area contributed by atoms with Crippen molar-refractivity contribution in [3.63, 3.8) is 0 Å². The first kappa shape index (κ1) is 15.5. The van der Waals surface area contributed by atoms with Crippen LogP contribution in [0.1, 0.15) is 24.3 Å². The Kier molecular flexibility index (Phi) is 6.01. The molecule has 1 aromatic carbocycles. The molecule has 0 unspecified atom stereocenters. The molecule has 0 aliphatic heterocycles. The zero-order chi connectivity index (χ0) is 14.4. The minimum absolute atomic E-state index is 0.0362. The summed E-state index contributed by atoms with van der Waals surface area (Å²) in [5, 5.41) is 6.10. The van der Waals surface area contributed by atoms with Gasteiger partial charge in [-0.2, -0.15) is 0 Å². The number of hydrogen-bond donors (Lipinski definition) is 2. The first-order chi connectivity index (χ1) is 9.69. The van der Waals surface area contributed by atoms with Crippen LogP contribution in [0.5, 0.6) is 0 Å². The normalized spacial score (nSPS) is 21.3. The molecular formula is C15H21BrN2O2. The Morgan fingerprint density at radius 2 is 2.05 bits per heavy atom. The fraction of sp³-hybridized carbons (Fsp3) is 0.533. The second-order valence-corrected chi connectivity index (χ2v) is 6.06. The third-order valence-corrected chi connectivity index (χ3v) is 4.19. The molecule has 1 amide bonds. The molecule has 0 saturated heterocycles. The zero-order valence-electron chi connectivity index (χ0n) is 11.7. The van der Waals surface area contributed by atoms with Crippen molar-refractivity contribution in [1.29, 1.82) is 0 Å². The van der Waals surface area contributed by atoms with Crippen LogP contribution in [0.25, 0.3) is 0 Å². The van der Waals surface area contributed by atoms with Gasteiger partial charge in [-0.1, -0.05) is 28.1 Å². The quantitative estimate of drug-likeness (QED) is 0.747. The molecular weight excluding hydrogens is 320 g/mol. The highest BCUT2D eigenvalue weighted by atomic mass is 79.9. The summed E-state index contributed by atoms with van der Waals surface area (Å²) in [6, 6.07) is 8.96. The van der Waals surface area contributed by atoms with Crippen LogP contribution in [0, 0.1) is 0 Å². The molecule has 1 saturated carbocycles. The van der Waals surface area contributed by atoms with Crippen molar-refractivity contribution < 1.29 is 9.53 Å². The molecule has 1 aromatic rings. The number of carbonyl (C=O) groups excluding carboxylic acids is 1. The molecule has 1 fully saturated rings. The van der Waals surface area contributed by atoms with Crippen molar-refractivity contribution in [3.8, 4) is 0 Å². The first-order valence-electron chi connectivity index (χ1n) is 6.93. The summed E-state index contributed by atoms with van der Waals surface area (Å²) >= 11 is 3.45. The van der Waals surface area contributed by atoms with Crippen molar-refractivity contribution in [2.24, 2.45) is 0 Å². The van der Waals surface area contributed by atoms with Crippen molar-refractivity contribution in [3.05, 3.63) is 34.3 Å². The van der Waals surface area contributed by atoms with E-state index in [1.807, 2.05) is 0 Å². The average Bonchev–Trinajstić information content (AvgIpc) is 2.39. The van der Waals surface area contributed by atoms with Crippen LogP contribution in [-0.2, 0) is 9.53 Å². The molecule has 4 nitrogen and oxygen atoms in total. The maximum atomic E-state index is 11.5. The number of rotatable bonds is 7. The van der Waals surface area contributed by atoms with Gasteiger partial charge in [0.2, 0.25) is 5.91 Å². The molecule has 2 rings (SSSR count). The summed E-state index contributed by atoms with van der Waals surface area (Å²) in [7, 11) is 1.63. The van der Waals surface area contributed by atoms with Crippen LogP contribution in [0.3, 0.4) is 0 Å². The van der Waals surface area contributed by atoms with Crippen LogP contribution < -0.4 is 10.6 Å². The molecule has 0 atom stereocenters. The molecule has 110 valence electrons. The SMILES string of the molecule is COCCNC(=O)CNC1CC(c2ccc(Br)cc2)C1. The molecule has 0 bridgehead atoms. The number of hydrogen-bond acceptors (Lipinski definition) is 3. The summed E-state index contributed by atoms with van der Waals surface area (Å²) < 4.78 is 6.00. The van der Waals surface area contributed by atoms with E-state index < -0.39 is 0 Å². The van der Waals surface area contributed by atoms with E-state index in [4.69, 9.17) is 4.74 Å². The molecule has 5 heteroatoms. The van der Waals surface area contributed by atoms with Crippen LogP contribution in [0.4, 0.5) is 0 Å². The van der Waals surface area contributed by atoms with Gasteiger partial charge in [-0.15, -0.1) is 0 Å². The van der Waals surface area contributed by atoms with Gasteiger partial charge in [0.25, 0.3) is 0 Å². The number of nitrogens with one attached hydrogen (secondary N) is 2. The highest BCUT2D eigenvalue weighted by Crippen LogP contribution is 2.37. The van der Waals surface area contributed by atoms with Gasteiger partial charge in [-0.05, 0) is 36.5 Å². The topological polar surface area (TPSA) is 50.4 Å². The Morgan fingerprint density at radius 1 is 1.35 bits per heavy atom.